The molecule has 4 nitrogen and oxygen atoms in total. The lowest BCUT2D eigenvalue weighted by atomic mass is 10.1. The van der Waals surface area contributed by atoms with Crippen LogP contribution in [-0.2, 0) is 17.1 Å². The highest BCUT2D eigenvalue weighted by atomic mass is 32.2. The van der Waals surface area contributed by atoms with Crippen molar-refractivity contribution < 1.29 is 14.3 Å². The predicted octanol–water partition coefficient (Wildman–Crippen LogP) is 6.51. The zero-order valence-electron chi connectivity index (χ0n) is 18.4. The Morgan fingerprint density at radius 1 is 0.906 bits per heavy atom. The van der Waals surface area contributed by atoms with Crippen LogP contribution in [0.2, 0.25) is 0 Å². The van der Waals surface area contributed by atoms with E-state index in [9.17, 15) is 4.79 Å². The van der Waals surface area contributed by atoms with Gasteiger partial charge in [-0.25, -0.2) is 9.78 Å². The molecule has 3 aromatic carbocycles. The highest BCUT2D eigenvalue weighted by molar-refractivity contribution is 7.98. The number of para-hydroxylation sites is 1. The molecule has 0 saturated heterocycles. The van der Waals surface area contributed by atoms with Crippen LogP contribution in [0.25, 0.3) is 10.9 Å². The number of carbonyl (C=O) groups is 1. The summed E-state index contributed by atoms with van der Waals surface area (Å²) in [6.45, 7) is 4.46. The molecular formula is C27H25NO3S. The quantitative estimate of drug-likeness (QED) is 0.241. The lowest BCUT2D eigenvalue weighted by Crippen LogP contribution is -2.10. The van der Waals surface area contributed by atoms with Crippen LogP contribution in [0.3, 0.4) is 0 Å². The number of hydrogen-bond donors (Lipinski definition) is 0. The lowest BCUT2D eigenvalue weighted by molar-refractivity contribution is 0.0590. The lowest BCUT2D eigenvalue weighted by Gasteiger charge is -2.16. The smallest absolute Gasteiger partial charge is 0.344 e. The van der Waals surface area contributed by atoms with E-state index in [0.717, 1.165) is 27.6 Å². The number of nitrogens with zero attached hydrogens (tertiary/aromatic N) is 1. The van der Waals surface area contributed by atoms with Crippen molar-refractivity contribution in [3.63, 3.8) is 0 Å². The number of methoxy groups -OCH3 is 1. The Bertz CT molecular complexity index is 1250. The third kappa shape index (κ3) is 4.94. The van der Waals surface area contributed by atoms with Crippen LogP contribution < -0.4 is 4.74 Å². The fraction of sp³-hybridized carbons (Fsp3) is 0.185. The molecule has 0 radical (unpaired) electrons. The molecule has 0 aliphatic heterocycles. The number of aryl methyl sites for hydroxylation is 2. The second kappa shape index (κ2) is 9.88. The third-order valence-electron chi connectivity index (χ3n) is 5.16. The number of benzene rings is 3. The van der Waals surface area contributed by atoms with Crippen molar-refractivity contribution in [2.45, 2.75) is 31.2 Å². The Labute approximate surface area is 192 Å². The highest BCUT2D eigenvalue weighted by Crippen LogP contribution is 2.37. The molecule has 1 heterocycles. The average molecular weight is 444 g/mol. The van der Waals surface area contributed by atoms with Crippen molar-refractivity contribution >= 4 is 28.6 Å². The normalized spacial score (nSPS) is 10.8. The Kier molecular flexibility index (Phi) is 6.76. The van der Waals surface area contributed by atoms with Gasteiger partial charge >= 0.3 is 5.97 Å². The molecule has 0 bridgehead atoms. The van der Waals surface area contributed by atoms with Gasteiger partial charge in [0.25, 0.3) is 0 Å². The molecule has 0 N–H and O–H groups in total. The molecule has 0 fully saturated rings. The summed E-state index contributed by atoms with van der Waals surface area (Å²) in [4.78, 5) is 17.7. The van der Waals surface area contributed by atoms with Crippen LogP contribution in [0.1, 0.15) is 32.6 Å². The SMILES string of the molecule is COC(=O)c1c(SCc2ccc(C)cc2)nc2ccccc2c1OCc1cccc(C)c1. The zero-order chi connectivity index (χ0) is 22.5. The second-order valence-corrected chi connectivity index (χ2v) is 8.65. The van der Waals surface area contributed by atoms with E-state index in [-0.39, 0.29) is 0 Å². The van der Waals surface area contributed by atoms with Gasteiger partial charge in [-0.2, -0.15) is 0 Å². The first-order valence-corrected chi connectivity index (χ1v) is 11.4. The van der Waals surface area contributed by atoms with Crippen LogP contribution in [0.4, 0.5) is 0 Å². The molecule has 0 aliphatic carbocycles. The molecule has 0 atom stereocenters. The van der Waals surface area contributed by atoms with Crippen molar-refractivity contribution in [2.24, 2.45) is 0 Å². The van der Waals surface area contributed by atoms with E-state index in [1.54, 1.807) is 0 Å². The van der Waals surface area contributed by atoms with E-state index < -0.39 is 5.97 Å². The molecule has 0 amide bonds. The van der Waals surface area contributed by atoms with Crippen LogP contribution >= 0.6 is 11.8 Å². The summed E-state index contributed by atoms with van der Waals surface area (Å²) in [5, 5.41) is 1.40. The van der Waals surface area contributed by atoms with Gasteiger partial charge in [0.05, 0.1) is 12.6 Å². The summed E-state index contributed by atoms with van der Waals surface area (Å²) in [5.74, 6) is 0.747. The Morgan fingerprint density at radius 2 is 1.69 bits per heavy atom. The molecule has 0 spiro atoms. The number of thioether (sulfide) groups is 1. The monoisotopic (exact) mass is 443 g/mol. The maximum Gasteiger partial charge on any atom is 0.344 e. The van der Waals surface area contributed by atoms with Crippen molar-refractivity contribution in [3.05, 3.63) is 101 Å². The van der Waals surface area contributed by atoms with Crippen LogP contribution in [-0.4, -0.2) is 18.1 Å². The van der Waals surface area contributed by atoms with Gasteiger partial charge in [0.1, 0.15) is 22.9 Å². The first-order valence-electron chi connectivity index (χ1n) is 10.4. The number of fused-ring (bicyclic) bond motifs is 1. The van der Waals surface area contributed by atoms with Gasteiger partial charge in [-0.3, -0.25) is 0 Å². The fourth-order valence-electron chi connectivity index (χ4n) is 3.49. The number of pyridine rings is 1. The molecule has 0 unspecified atom stereocenters. The molecule has 4 rings (SSSR count). The van der Waals surface area contributed by atoms with Gasteiger partial charge in [0, 0.05) is 11.1 Å². The second-order valence-electron chi connectivity index (χ2n) is 7.68. The number of aromatic nitrogens is 1. The summed E-state index contributed by atoms with van der Waals surface area (Å²) in [5.41, 5.74) is 5.73. The van der Waals surface area contributed by atoms with E-state index in [1.165, 1.54) is 24.4 Å². The maximum absolute atomic E-state index is 12.9. The molecule has 32 heavy (non-hydrogen) atoms. The Morgan fingerprint density at radius 3 is 2.44 bits per heavy atom. The molecule has 0 saturated carbocycles. The topological polar surface area (TPSA) is 48.4 Å². The van der Waals surface area contributed by atoms with Gasteiger partial charge in [0.15, 0.2) is 0 Å². The number of rotatable bonds is 7. The van der Waals surface area contributed by atoms with Crippen LogP contribution in [0, 0.1) is 13.8 Å². The highest BCUT2D eigenvalue weighted by Gasteiger charge is 2.24. The van der Waals surface area contributed by atoms with Gasteiger partial charge in [-0.1, -0.05) is 71.8 Å². The minimum atomic E-state index is -0.450. The minimum Gasteiger partial charge on any atom is -0.487 e. The van der Waals surface area contributed by atoms with Gasteiger partial charge in [-0.15, -0.1) is 11.8 Å². The number of ether oxygens (including phenoxy) is 2. The van der Waals surface area contributed by atoms with Gasteiger partial charge in [0.2, 0.25) is 0 Å². The summed E-state index contributed by atoms with van der Waals surface area (Å²) in [6.07, 6.45) is 0. The molecule has 5 heteroatoms. The first-order chi connectivity index (χ1) is 15.5. The summed E-state index contributed by atoms with van der Waals surface area (Å²) >= 11 is 1.51. The van der Waals surface area contributed by atoms with Crippen molar-refractivity contribution in [2.75, 3.05) is 7.11 Å². The molecule has 4 aromatic rings. The summed E-state index contributed by atoms with van der Waals surface area (Å²) < 4.78 is 11.4. The minimum absolute atomic E-state index is 0.349. The molecule has 162 valence electrons. The fourth-order valence-corrected chi connectivity index (χ4v) is 4.47. The average Bonchev–Trinajstić information content (AvgIpc) is 2.81. The van der Waals surface area contributed by atoms with Crippen LogP contribution in [0.5, 0.6) is 5.75 Å². The van der Waals surface area contributed by atoms with Crippen LogP contribution in [0.15, 0.2) is 77.8 Å². The largest absolute Gasteiger partial charge is 0.487 e. The molecular weight excluding hydrogens is 418 g/mol. The Hall–Kier alpha value is -3.31. The number of esters is 1. The summed E-state index contributed by atoms with van der Waals surface area (Å²) in [7, 11) is 1.39. The number of carbonyl (C=O) groups excluding carboxylic acids is 1. The van der Waals surface area contributed by atoms with Gasteiger partial charge < -0.3 is 9.47 Å². The van der Waals surface area contributed by atoms with E-state index in [1.807, 2.05) is 49.4 Å². The molecule has 0 aliphatic rings. The van der Waals surface area contributed by atoms with E-state index >= 15 is 0 Å². The maximum atomic E-state index is 12.9. The van der Waals surface area contributed by atoms with Crippen molar-refractivity contribution in [1.82, 2.24) is 4.98 Å². The van der Waals surface area contributed by atoms with Crippen molar-refractivity contribution in [1.29, 1.82) is 0 Å². The third-order valence-corrected chi connectivity index (χ3v) is 6.21. The van der Waals surface area contributed by atoms with Gasteiger partial charge in [-0.05, 0) is 37.1 Å². The van der Waals surface area contributed by atoms with E-state index in [4.69, 9.17) is 14.5 Å². The first kappa shape index (κ1) is 21.9. The van der Waals surface area contributed by atoms with E-state index in [0.29, 0.717) is 28.7 Å². The number of hydrogen-bond acceptors (Lipinski definition) is 5. The summed E-state index contributed by atoms with van der Waals surface area (Å²) in [6, 6.07) is 24.2. The standard InChI is InChI=1S/C27H25NO3S/c1-18-11-13-20(14-12-18)17-32-26-24(27(29)30-3)25(22-9-4-5-10-23(22)28-26)31-16-21-8-6-7-19(2)15-21/h4-15H,16-17H2,1-3H3. The zero-order valence-corrected chi connectivity index (χ0v) is 19.2. The Balaban J connectivity index is 1.74. The van der Waals surface area contributed by atoms with Crippen molar-refractivity contribution in [3.8, 4) is 5.75 Å². The molecule has 1 aromatic heterocycles. The van der Waals surface area contributed by atoms with E-state index in [2.05, 4.69) is 37.3 Å². The predicted molar refractivity (Wildman–Crippen MR) is 129 cm³/mol.